The molecule has 5 nitrogen and oxygen atoms in total. The number of aromatic nitrogens is 4. The number of fused-ring (bicyclic) bond motifs is 1. The first kappa shape index (κ1) is 20.0. The predicted octanol–water partition coefficient (Wildman–Crippen LogP) is 5.95. The summed E-state index contributed by atoms with van der Waals surface area (Å²) in [6.07, 6.45) is 7.63. The smallest absolute Gasteiger partial charge is 0.143 e. The molecule has 5 aromatic rings. The number of halogens is 1. The average Bonchev–Trinajstić information content (AvgIpc) is 3.45. The second-order valence-corrected chi connectivity index (χ2v) is 7.85. The van der Waals surface area contributed by atoms with Gasteiger partial charge in [0.15, 0.2) is 0 Å². The van der Waals surface area contributed by atoms with Crippen LogP contribution >= 0.6 is 0 Å². The predicted molar refractivity (Wildman–Crippen MR) is 124 cm³/mol. The van der Waals surface area contributed by atoms with Gasteiger partial charge in [0, 0.05) is 29.5 Å². The number of benzene rings is 2. The van der Waals surface area contributed by atoms with Crippen molar-refractivity contribution in [2.75, 3.05) is 7.11 Å². The summed E-state index contributed by atoms with van der Waals surface area (Å²) in [5.74, 6) is 0.519. The van der Waals surface area contributed by atoms with Crippen molar-refractivity contribution in [1.82, 2.24) is 19.1 Å². The van der Waals surface area contributed by atoms with E-state index < -0.39 is 0 Å². The van der Waals surface area contributed by atoms with E-state index >= 15 is 0 Å². The summed E-state index contributed by atoms with van der Waals surface area (Å²) in [7, 11) is 1.67. The van der Waals surface area contributed by atoms with Crippen LogP contribution in [0.5, 0.6) is 5.75 Å². The molecule has 0 aliphatic rings. The first-order valence-corrected chi connectivity index (χ1v) is 10.5. The first-order chi connectivity index (χ1) is 15.5. The number of ether oxygens (including phenoxy) is 1. The van der Waals surface area contributed by atoms with E-state index in [1.165, 1.54) is 12.1 Å². The highest BCUT2D eigenvalue weighted by atomic mass is 19.1. The third-order valence-electron chi connectivity index (χ3n) is 5.86. The van der Waals surface area contributed by atoms with Crippen LogP contribution in [0.1, 0.15) is 24.2 Å². The van der Waals surface area contributed by atoms with Crippen molar-refractivity contribution in [2.24, 2.45) is 0 Å². The first-order valence-electron chi connectivity index (χ1n) is 10.5. The third kappa shape index (κ3) is 3.43. The summed E-state index contributed by atoms with van der Waals surface area (Å²) >= 11 is 0. The number of hydrogen-bond acceptors (Lipinski definition) is 3. The molecular formula is C26H23FN4O. The molecule has 5 rings (SSSR count). The standard InChI is InChI=1S/C26H23FN4O/c1-17-15-30(16-29-17)24-9-6-20(14-25(24)32-3)26-22-11-13-31(23(22)10-12-28-26)18(2)19-4-7-21(27)8-5-19/h4-16,18H,1-3H3. The van der Waals surface area contributed by atoms with Crippen LogP contribution in [0.15, 0.2) is 79.5 Å². The summed E-state index contributed by atoms with van der Waals surface area (Å²) in [6, 6.07) is 16.9. The van der Waals surface area contributed by atoms with Gasteiger partial charge in [0.1, 0.15) is 11.6 Å². The maximum absolute atomic E-state index is 13.4. The molecule has 0 amide bonds. The molecule has 0 fully saturated rings. The van der Waals surface area contributed by atoms with E-state index in [9.17, 15) is 4.39 Å². The fourth-order valence-electron chi connectivity index (χ4n) is 4.15. The van der Waals surface area contributed by atoms with E-state index in [1.807, 2.05) is 54.2 Å². The lowest BCUT2D eigenvalue weighted by Crippen LogP contribution is -2.05. The molecule has 2 aromatic carbocycles. The topological polar surface area (TPSA) is 44.9 Å². The molecule has 0 spiro atoms. The average molecular weight is 426 g/mol. The number of rotatable bonds is 5. The van der Waals surface area contributed by atoms with Crippen LogP contribution in [0.4, 0.5) is 4.39 Å². The lowest BCUT2D eigenvalue weighted by Gasteiger charge is -2.16. The van der Waals surface area contributed by atoms with Crippen LogP contribution in [-0.2, 0) is 0 Å². The summed E-state index contributed by atoms with van der Waals surface area (Å²) < 4.78 is 23.2. The van der Waals surface area contributed by atoms with Gasteiger partial charge in [0.05, 0.1) is 42.1 Å². The third-order valence-corrected chi connectivity index (χ3v) is 5.86. The molecule has 1 unspecified atom stereocenters. The summed E-state index contributed by atoms with van der Waals surface area (Å²) in [6.45, 7) is 4.07. The van der Waals surface area contributed by atoms with Crippen LogP contribution in [0, 0.1) is 12.7 Å². The highest BCUT2D eigenvalue weighted by molar-refractivity contribution is 5.93. The lowest BCUT2D eigenvalue weighted by molar-refractivity contribution is 0.413. The van der Waals surface area contributed by atoms with Crippen molar-refractivity contribution in [1.29, 1.82) is 0 Å². The molecule has 160 valence electrons. The minimum Gasteiger partial charge on any atom is -0.495 e. The van der Waals surface area contributed by atoms with E-state index in [0.29, 0.717) is 0 Å². The highest BCUT2D eigenvalue weighted by Gasteiger charge is 2.16. The Morgan fingerprint density at radius 1 is 1.00 bits per heavy atom. The molecule has 6 heteroatoms. The van der Waals surface area contributed by atoms with Crippen LogP contribution in [0.3, 0.4) is 0 Å². The van der Waals surface area contributed by atoms with Crippen LogP contribution in [0.2, 0.25) is 0 Å². The number of nitrogens with zero attached hydrogens (tertiary/aromatic N) is 4. The van der Waals surface area contributed by atoms with Gasteiger partial charge >= 0.3 is 0 Å². The maximum Gasteiger partial charge on any atom is 0.143 e. The second kappa shape index (κ2) is 7.96. The normalized spacial score (nSPS) is 12.2. The molecule has 0 saturated carbocycles. The molecule has 0 bridgehead atoms. The molecule has 0 aliphatic heterocycles. The Labute approximate surface area is 185 Å². The largest absolute Gasteiger partial charge is 0.495 e. The minimum absolute atomic E-state index is 0.0599. The van der Waals surface area contributed by atoms with Crippen molar-refractivity contribution in [3.8, 4) is 22.7 Å². The Morgan fingerprint density at radius 3 is 2.53 bits per heavy atom. The van der Waals surface area contributed by atoms with Gasteiger partial charge in [-0.1, -0.05) is 18.2 Å². The second-order valence-electron chi connectivity index (χ2n) is 7.85. The monoisotopic (exact) mass is 426 g/mol. The Balaban J connectivity index is 1.57. The number of pyridine rings is 1. The van der Waals surface area contributed by atoms with Crippen molar-refractivity contribution < 1.29 is 9.13 Å². The molecule has 3 heterocycles. The Bertz CT molecular complexity index is 1400. The lowest BCUT2D eigenvalue weighted by atomic mass is 10.1. The van der Waals surface area contributed by atoms with Gasteiger partial charge in [-0.25, -0.2) is 9.37 Å². The molecule has 0 N–H and O–H groups in total. The van der Waals surface area contributed by atoms with Crippen molar-refractivity contribution in [2.45, 2.75) is 19.9 Å². The van der Waals surface area contributed by atoms with E-state index in [4.69, 9.17) is 4.74 Å². The summed E-state index contributed by atoms with van der Waals surface area (Å²) in [5, 5.41) is 1.05. The van der Waals surface area contributed by atoms with E-state index in [0.717, 1.165) is 44.9 Å². The van der Waals surface area contributed by atoms with Gasteiger partial charge in [0.25, 0.3) is 0 Å². The van der Waals surface area contributed by atoms with Crippen LogP contribution in [0.25, 0.3) is 27.8 Å². The van der Waals surface area contributed by atoms with E-state index in [1.54, 1.807) is 13.4 Å². The highest BCUT2D eigenvalue weighted by Crippen LogP contribution is 2.34. The zero-order chi connectivity index (χ0) is 22.2. The molecule has 0 radical (unpaired) electrons. The van der Waals surface area contributed by atoms with Gasteiger partial charge < -0.3 is 13.9 Å². The van der Waals surface area contributed by atoms with Gasteiger partial charge in [-0.15, -0.1) is 0 Å². The Morgan fingerprint density at radius 2 is 1.81 bits per heavy atom. The van der Waals surface area contributed by atoms with Crippen molar-refractivity contribution in [3.63, 3.8) is 0 Å². The minimum atomic E-state index is -0.229. The number of methoxy groups -OCH3 is 1. The molecular weight excluding hydrogens is 403 g/mol. The molecule has 1 atom stereocenters. The van der Waals surface area contributed by atoms with Gasteiger partial charge in [-0.05, 0) is 55.8 Å². The van der Waals surface area contributed by atoms with Crippen molar-refractivity contribution >= 4 is 10.9 Å². The molecule has 0 saturated heterocycles. The fraction of sp³-hybridized carbons (Fsp3) is 0.154. The zero-order valence-corrected chi connectivity index (χ0v) is 18.2. The SMILES string of the molecule is COc1cc(-c2nccc3c2ccn3C(C)c2ccc(F)cc2)ccc1-n1cnc(C)c1. The number of aryl methyl sites for hydroxylation is 1. The number of hydrogen-bond donors (Lipinski definition) is 0. The quantitative estimate of drug-likeness (QED) is 0.349. The maximum atomic E-state index is 13.4. The molecule has 0 aliphatic carbocycles. The van der Waals surface area contributed by atoms with Crippen molar-refractivity contribution in [3.05, 3.63) is 96.6 Å². The number of imidazole rings is 1. The van der Waals surface area contributed by atoms with Crippen LogP contribution < -0.4 is 4.74 Å². The Kier molecular flexibility index (Phi) is 4.98. The van der Waals surface area contributed by atoms with E-state index in [2.05, 4.69) is 39.8 Å². The Hall–Kier alpha value is -3.93. The summed E-state index contributed by atoms with van der Waals surface area (Å²) in [5.41, 5.74) is 5.84. The van der Waals surface area contributed by atoms with E-state index in [-0.39, 0.29) is 11.9 Å². The molecule has 3 aromatic heterocycles. The fourth-order valence-corrected chi connectivity index (χ4v) is 4.15. The molecule has 32 heavy (non-hydrogen) atoms. The van der Waals surface area contributed by atoms with Gasteiger partial charge in [-0.2, -0.15) is 0 Å². The van der Waals surface area contributed by atoms with Gasteiger partial charge in [-0.3, -0.25) is 4.98 Å². The zero-order valence-electron chi connectivity index (χ0n) is 18.2. The van der Waals surface area contributed by atoms with Gasteiger partial charge in [0.2, 0.25) is 0 Å². The van der Waals surface area contributed by atoms with Crippen LogP contribution in [-0.4, -0.2) is 26.2 Å². The summed E-state index contributed by atoms with van der Waals surface area (Å²) in [4.78, 5) is 8.99.